The molecule has 2 atom stereocenters. The van der Waals surface area contributed by atoms with Gasteiger partial charge in [0.25, 0.3) is 5.91 Å². The van der Waals surface area contributed by atoms with Gasteiger partial charge in [-0.25, -0.2) is 4.98 Å². The van der Waals surface area contributed by atoms with E-state index >= 15 is 0 Å². The molecule has 2 rings (SSSR count). The van der Waals surface area contributed by atoms with Crippen LogP contribution < -0.4 is 5.32 Å². The minimum Gasteiger partial charge on any atom is -0.372 e. The van der Waals surface area contributed by atoms with E-state index in [9.17, 15) is 4.79 Å². The quantitative estimate of drug-likeness (QED) is 0.917. The standard InChI is InChI=1S/C14H20BrN3O2/c1-4-16-13-12(5-11(15)6-17-13)14(19)18-7-9(2)20-10(3)8-18/h5-6,9-10H,4,7-8H2,1-3H3,(H,16,17). The summed E-state index contributed by atoms with van der Waals surface area (Å²) in [6.45, 7) is 7.91. The normalized spacial score (nSPS) is 22.7. The fourth-order valence-corrected chi connectivity index (χ4v) is 2.76. The molecule has 0 saturated carbocycles. The third-order valence-electron chi connectivity index (χ3n) is 3.14. The Bertz CT molecular complexity index is 485. The van der Waals surface area contributed by atoms with Crippen LogP contribution >= 0.6 is 15.9 Å². The van der Waals surface area contributed by atoms with E-state index in [4.69, 9.17) is 4.74 Å². The molecule has 6 heteroatoms. The zero-order chi connectivity index (χ0) is 14.7. The first kappa shape index (κ1) is 15.3. The molecule has 0 radical (unpaired) electrons. The van der Waals surface area contributed by atoms with Crippen LogP contribution in [0.3, 0.4) is 0 Å². The second kappa shape index (κ2) is 6.54. The van der Waals surface area contributed by atoms with Crippen LogP contribution in [-0.2, 0) is 4.74 Å². The van der Waals surface area contributed by atoms with E-state index in [-0.39, 0.29) is 18.1 Å². The molecule has 20 heavy (non-hydrogen) atoms. The first-order chi connectivity index (χ1) is 9.51. The van der Waals surface area contributed by atoms with Gasteiger partial charge in [-0.15, -0.1) is 0 Å². The van der Waals surface area contributed by atoms with Crippen molar-refractivity contribution in [3.8, 4) is 0 Å². The summed E-state index contributed by atoms with van der Waals surface area (Å²) in [6, 6.07) is 1.82. The fraction of sp³-hybridized carbons (Fsp3) is 0.571. The third kappa shape index (κ3) is 3.49. The number of morpholine rings is 1. The summed E-state index contributed by atoms with van der Waals surface area (Å²) >= 11 is 3.38. The average molecular weight is 342 g/mol. The Labute approximate surface area is 127 Å². The summed E-state index contributed by atoms with van der Waals surface area (Å²) in [4.78, 5) is 18.8. The summed E-state index contributed by atoms with van der Waals surface area (Å²) in [6.07, 6.45) is 1.81. The molecule has 1 N–H and O–H groups in total. The zero-order valence-electron chi connectivity index (χ0n) is 12.0. The first-order valence-electron chi connectivity index (χ1n) is 6.85. The second-order valence-electron chi connectivity index (χ2n) is 5.05. The van der Waals surface area contributed by atoms with Crippen molar-refractivity contribution in [1.82, 2.24) is 9.88 Å². The monoisotopic (exact) mass is 341 g/mol. The second-order valence-corrected chi connectivity index (χ2v) is 5.96. The summed E-state index contributed by atoms with van der Waals surface area (Å²) in [5.41, 5.74) is 0.600. The number of amides is 1. The number of hydrogen-bond donors (Lipinski definition) is 1. The maximum Gasteiger partial charge on any atom is 0.257 e. The number of pyridine rings is 1. The van der Waals surface area contributed by atoms with Crippen LogP contribution in [0.2, 0.25) is 0 Å². The van der Waals surface area contributed by atoms with E-state index in [2.05, 4.69) is 26.2 Å². The molecule has 0 aromatic carbocycles. The number of hydrogen-bond acceptors (Lipinski definition) is 4. The van der Waals surface area contributed by atoms with Crippen molar-refractivity contribution in [2.75, 3.05) is 25.0 Å². The molecule has 1 fully saturated rings. The van der Waals surface area contributed by atoms with Crippen LogP contribution in [0.4, 0.5) is 5.82 Å². The molecule has 1 aliphatic heterocycles. The zero-order valence-corrected chi connectivity index (χ0v) is 13.6. The highest BCUT2D eigenvalue weighted by Gasteiger charge is 2.28. The van der Waals surface area contributed by atoms with Crippen LogP contribution in [0.1, 0.15) is 31.1 Å². The molecule has 1 saturated heterocycles. The lowest BCUT2D eigenvalue weighted by atomic mass is 10.1. The van der Waals surface area contributed by atoms with Crippen molar-refractivity contribution in [3.05, 3.63) is 22.3 Å². The minimum absolute atomic E-state index is 0.00301. The highest BCUT2D eigenvalue weighted by molar-refractivity contribution is 9.10. The lowest BCUT2D eigenvalue weighted by molar-refractivity contribution is -0.0586. The lowest BCUT2D eigenvalue weighted by Gasteiger charge is -2.35. The predicted molar refractivity (Wildman–Crippen MR) is 82.0 cm³/mol. The van der Waals surface area contributed by atoms with Gasteiger partial charge in [0, 0.05) is 30.3 Å². The fourth-order valence-electron chi connectivity index (χ4n) is 2.42. The molecule has 1 aromatic rings. The summed E-state index contributed by atoms with van der Waals surface area (Å²) in [7, 11) is 0. The van der Waals surface area contributed by atoms with Gasteiger partial charge in [-0.3, -0.25) is 4.79 Å². The number of carbonyl (C=O) groups excluding carboxylic acids is 1. The lowest BCUT2D eigenvalue weighted by Crippen LogP contribution is -2.48. The van der Waals surface area contributed by atoms with Crippen LogP contribution in [0.25, 0.3) is 0 Å². The van der Waals surface area contributed by atoms with Crippen molar-refractivity contribution in [2.24, 2.45) is 0 Å². The number of ether oxygens (including phenoxy) is 1. The Kier molecular flexibility index (Phi) is 4.99. The van der Waals surface area contributed by atoms with Gasteiger partial charge >= 0.3 is 0 Å². The van der Waals surface area contributed by atoms with Gasteiger partial charge in [-0.05, 0) is 42.8 Å². The van der Waals surface area contributed by atoms with Gasteiger partial charge in [-0.1, -0.05) is 0 Å². The van der Waals surface area contributed by atoms with E-state index in [0.29, 0.717) is 24.5 Å². The maximum absolute atomic E-state index is 12.7. The number of aromatic nitrogens is 1. The molecule has 1 amide bonds. The Morgan fingerprint density at radius 3 is 2.75 bits per heavy atom. The first-order valence-corrected chi connectivity index (χ1v) is 7.64. The molecule has 110 valence electrons. The van der Waals surface area contributed by atoms with E-state index in [0.717, 1.165) is 11.0 Å². The van der Waals surface area contributed by atoms with Crippen molar-refractivity contribution in [3.63, 3.8) is 0 Å². The topological polar surface area (TPSA) is 54.5 Å². The van der Waals surface area contributed by atoms with E-state index in [1.807, 2.05) is 31.7 Å². The van der Waals surface area contributed by atoms with E-state index in [1.165, 1.54) is 0 Å². The Balaban J connectivity index is 2.25. The number of carbonyl (C=O) groups is 1. The predicted octanol–water partition coefficient (Wildman–Crippen LogP) is 2.53. The molecule has 1 aliphatic rings. The Morgan fingerprint density at radius 1 is 1.50 bits per heavy atom. The molecular weight excluding hydrogens is 322 g/mol. The molecule has 2 heterocycles. The molecule has 1 aromatic heterocycles. The molecule has 0 spiro atoms. The van der Waals surface area contributed by atoms with Crippen LogP contribution in [0.15, 0.2) is 16.7 Å². The number of anilines is 1. The van der Waals surface area contributed by atoms with Crippen molar-refractivity contribution in [2.45, 2.75) is 33.0 Å². The van der Waals surface area contributed by atoms with Gasteiger partial charge in [0.05, 0.1) is 17.8 Å². The molecular formula is C14H20BrN3O2. The number of nitrogens with one attached hydrogen (secondary N) is 1. The number of nitrogens with zero attached hydrogens (tertiary/aromatic N) is 2. The van der Waals surface area contributed by atoms with Crippen LogP contribution in [0, 0.1) is 0 Å². The van der Waals surface area contributed by atoms with Crippen LogP contribution in [-0.4, -0.2) is 47.6 Å². The van der Waals surface area contributed by atoms with Gasteiger partial charge in [0.1, 0.15) is 5.82 Å². The molecule has 5 nitrogen and oxygen atoms in total. The average Bonchev–Trinajstić information content (AvgIpc) is 2.39. The molecule has 0 bridgehead atoms. The van der Waals surface area contributed by atoms with Crippen LogP contribution in [0.5, 0.6) is 0 Å². The minimum atomic E-state index is -0.00301. The summed E-state index contributed by atoms with van der Waals surface area (Å²) in [5, 5.41) is 3.14. The SMILES string of the molecule is CCNc1ncc(Br)cc1C(=O)N1CC(C)OC(C)C1. The molecule has 0 aliphatic carbocycles. The summed E-state index contributed by atoms with van der Waals surface area (Å²) in [5.74, 6) is 0.629. The van der Waals surface area contributed by atoms with Gasteiger partial charge in [-0.2, -0.15) is 0 Å². The van der Waals surface area contributed by atoms with E-state index in [1.54, 1.807) is 6.20 Å². The smallest absolute Gasteiger partial charge is 0.257 e. The maximum atomic E-state index is 12.7. The van der Waals surface area contributed by atoms with Gasteiger partial charge < -0.3 is 15.0 Å². The Morgan fingerprint density at radius 2 is 2.15 bits per heavy atom. The highest BCUT2D eigenvalue weighted by atomic mass is 79.9. The van der Waals surface area contributed by atoms with Crippen molar-refractivity contribution >= 4 is 27.7 Å². The molecule has 2 unspecified atom stereocenters. The van der Waals surface area contributed by atoms with Gasteiger partial charge in [0.2, 0.25) is 0 Å². The highest BCUT2D eigenvalue weighted by Crippen LogP contribution is 2.22. The largest absolute Gasteiger partial charge is 0.372 e. The van der Waals surface area contributed by atoms with Gasteiger partial charge in [0.15, 0.2) is 0 Å². The van der Waals surface area contributed by atoms with Crippen molar-refractivity contribution in [1.29, 1.82) is 0 Å². The van der Waals surface area contributed by atoms with E-state index < -0.39 is 0 Å². The number of halogens is 1. The van der Waals surface area contributed by atoms with Crippen molar-refractivity contribution < 1.29 is 9.53 Å². The third-order valence-corrected chi connectivity index (χ3v) is 3.57. The number of rotatable bonds is 3. The Hall–Kier alpha value is -1.14. The summed E-state index contributed by atoms with van der Waals surface area (Å²) < 4.78 is 6.47.